The van der Waals surface area contributed by atoms with Gasteiger partial charge in [0.25, 0.3) is 0 Å². The van der Waals surface area contributed by atoms with Gasteiger partial charge in [0, 0.05) is 17.6 Å². The molecule has 2 fully saturated rings. The lowest BCUT2D eigenvalue weighted by molar-refractivity contribution is 0.243. The molecule has 1 saturated carbocycles. The molecule has 1 aliphatic carbocycles. The molecule has 4 heteroatoms. The van der Waals surface area contributed by atoms with Gasteiger partial charge in [-0.25, -0.2) is 0 Å². The minimum Gasteiger partial charge on any atom is -0.364 e. The first-order valence-electron chi connectivity index (χ1n) is 8.52. The fourth-order valence-corrected chi connectivity index (χ4v) is 4.57. The molecule has 2 aliphatic rings. The van der Waals surface area contributed by atoms with Crippen molar-refractivity contribution in [2.24, 2.45) is 5.92 Å². The fraction of sp³-hybridized carbons (Fsp3) is 0.474. The van der Waals surface area contributed by atoms with Gasteiger partial charge in [0.2, 0.25) is 10.9 Å². The topological polar surface area (TPSA) is 37.4 Å². The largest absolute Gasteiger partial charge is 0.364 e. The van der Waals surface area contributed by atoms with Gasteiger partial charge in [0.15, 0.2) is 0 Å². The van der Waals surface area contributed by atoms with Crippen molar-refractivity contribution in [3.8, 4) is 11.1 Å². The Morgan fingerprint density at radius 2 is 1.61 bits per heavy atom. The Hall–Kier alpha value is -1.61. The summed E-state index contributed by atoms with van der Waals surface area (Å²) in [4.78, 5) is 26.8. The van der Waals surface area contributed by atoms with Crippen LogP contribution in [0.2, 0.25) is 5.02 Å². The van der Waals surface area contributed by atoms with E-state index in [4.69, 9.17) is 11.6 Å². The molecule has 2 atom stereocenters. The summed E-state index contributed by atoms with van der Waals surface area (Å²) in [6, 6.07) is 7.66. The van der Waals surface area contributed by atoms with Gasteiger partial charge in [-0.3, -0.25) is 9.59 Å². The number of halogens is 1. The highest BCUT2D eigenvalue weighted by Gasteiger charge is 2.38. The van der Waals surface area contributed by atoms with Crippen molar-refractivity contribution in [2.75, 3.05) is 11.4 Å². The minimum atomic E-state index is -0.347. The predicted octanol–water partition coefficient (Wildman–Crippen LogP) is 3.76. The molecule has 0 amide bonds. The normalized spacial score (nSPS) is 24.7. The van der Waals surface area contributed by atoms with E-state index in [1.165, 1.54) is 25.7 Å². The number of hydrogen-bond acceptors (Lipinski definition) is 3. The number of benzene rings is 1. The molecule has 4 rings (SSSR count). The zero-order chi connectivity index (χ0) is 16.0. The van der Waals surface area contributed by atoms with Crippen molar-refractivity contribution in [3.05, 3.63) is 49.7 Å². The van der Waals surface area contributed by atoms with E-state index in [9.17, 15) is 9.59 Å². The quantitative estimate of drug-likeness (QED) is 0.787. The number of piperidine rings is 1. The zero-order valence-electron chi connectivity index (χ0n) is 13.1. The third kappa shape index (κ3) is 2.42. The van der Waals surface area contributed by atoms with E-state index in [-0.39, 0.29) is 10.9 Å². The van der Waals surface area contributed by atoms with Crippen LogP contribution >= 0.6 is 11.6 Å². The van der Waals surface area contributed by atoms with Gasteiger partial charge in [-0.1, -0.05) is 36.6 Å². The SMILES string of the molecule is O=c1c(-c2ccc(Cl)cc2)c(N2CCC[C@H]3CCCC[C@H]32)c1=O. The summed E-state index contributed by atoms with van der Waals surface area (Å²) < 4.78 is 0. The Balaban J connectivity index is 1.74. The third-order valence-corrected chi connectivity index (χ3v) is 5.80. The van der Waals surface area contributed by atoms with Crippen LogP contribution < -0.4 is 15.8 Å². The summed E-state index contributed by atoms with van der Waals surface area (Å²) in [6.07, 6.45) is 7.29. The van der Waals surface area contributed by atoms with Gasteiger partial charge in [0.1, 0.15) is 5.69 Å². The molecule has 23 heavy (non-hydrogen) atoms. The second kappa shape index (κ2) is 5.79. The Kier molecular flexibility index (Phi) is 3.76. The van der Waals surface area contributed by atoms with E-state index in [0.717, 1.165) is 24.9 Å². The molecule has 1 heterocycles. The molecule has 2 aromatic rings. The van der Waals surface area contributed by atoms with Gasteiger partial charge in [-0.2, -0.15) is 0 Å². The molecule has 0 spiro atoms. The van der Waals surface area contributed by atoms with Crippen LogP contribution in [0.3, 0.4) is 0 Å². The second-order valence-electron chi connectivity index (χ2n) is 6.84. The van der Waals surface area contributed by atoms with E-state index in [1.807, 2.05) is 12.1 Å². The molecule has 0 N–H and O–H groups in total. The standard InChI is InChI=1S/C19H20ClNO2/c20-14-9-7-13(8-10-14)16-17(19(23)18(16)22)21-11-3-5-12-4-1-2-6-15(12)21/h7-10,12,15H,1-6,11H2/t12-,15-/m1/s1. The Morgan fingerprint density at radius 1 is 0.913 bits per heavy atom. The average Bonchev–Trinajstić information content (AvgIpc) is 2.59. The van der Waals surface area contributed by atoms with Crippen molar-refractivity contribution < 1.29 is 0 Å². The highest BCUT2D eigenvalue weighted by Crippen LogP contribution is 2.39. The summed E-state index contributed by atoms with van der Waals surface area (Å²) in [5.41, 5.74) is 1.42. The first kappa shape index (κ1) is 14.9. The van der Waals surface area contributed by atoms with Crippen LogP contribution in [0.15, 0.2) is 33.9 Å². The van der Waals surface area contributed by atoms with Gasteiger partial charge in [-0.05, 0) is 49.3 Å². The van der Waals surface area contributed by atoms with Gasteiger partial charge < -0.3 is 4.90 Å². The molecule has 3 nitrogen and oxygen atoms in total. The summed E-state index contributed by atoms with van der Waals surface area (Å²) in [6.45, 7) is 0.895. The minimum absolute atomic E-state index is 0.304. The Labute approximate surface area is 140 Å². The highest BCUT2D eigenvalue weighted by atomic mass is 35.5. The first-order chi connectivity index (χ1) is 11.2. The van der Waals surface area contributed by atoms with Crippen molar-refractivity contribution in [2.45, 2.75) is 44.6 Å². The predicted molar refractivity (Wildman–Crippen MR) is 94.1 cm³/mol. The molecule has 1 aliphatic heterocycles. The van der Waals surface area contributed by atoms with E-state index in [1.54, 1.807) is 12.1 Å². The average molecular weight is 330 g/mol. The lowest BCUT2D eigenvalue weighted by Gasteiger charge is -2.46. The number of nitrogens with zero attached hydrogens (tertiary/aromatic N) is 1. The summed E-state index contributed by atoms with van der Waals surface area (Å²) in [7, 11) is 0. The van der Waals surface area contributed by atoms with Crippen LogP contribution in [0.1, 0.15) is 38.5 Å². The lowest BCUT2D eigenvalue weighted by atomic mass is 9.77. The van der Waals surface area contributed by atoms with Crippen molar-refractivity contribution >= 4 is 17.3 Å². The van der Waals surface area contributed by atoms with Crippen LogP contribution in [0, 0.1) is 5.92 Å². The van der Waals surface area contributed by atoms with E-state index >= 15 is 0 Å². The number of anilines is 1. The number of rotatable bonds is 2. The molecule has 0 unspecified atom stereocenters. The third-order valence-electron chi connectivity index (χ3n) is 5.55. The maximum Gasteiger partial charge on any atom is 0.250 e. The molecule has 0 radical (unpaired) electrons. The molecular weight excluding hydrogens is 310 g/mol. The Morgan fingerprint density at radius 3 is 2.39 bits per heavy atom. The maximum atomic E-state index is 12.3. The van der Waals surface area contributed by atoms with E-state index < -0.39 is 0 Å². The highest BCUT2D eigenvalue weighted by molar-refractivity contribution is 6.30. The molecular formula is C19H20ClNO2. The zero-order valence-corrected chi connectivity index (χ0v) is 13.8. The van der Waals surface area contributed by atoms with Gasteiger partial charge in [0.05, 0.1) is 5.56 Å². The summed E-state index contributed by atoms with van der Waals surface area (Å²) in [5.74, 6) is 0.681. The molecule has 2 aromatic carbocycles. The molecule has 120 valence electrons. The molecule has 1 saturated heterocycles. The number of fused-ring (bicyclic) bond motifs is 1. The van der Waals surface area contributed by atoms with Gasteiger partial charge >= 0.3 is 0 Å². The molecule has 0 bridgehead atoms. The van der Waals surface area contributed by atoms with Crippen LogP contribution in [-0.4, -0.2) is 12.6 Å². The van der Waals surface area contributed by atoms with Crippen molar-refractivity contribution in [3.63, 3.8) is 0 Å². The fourth-order valence-electron chi connectivity index (χ4n) is 4.44. The molecule has 0 aromatic heterocycles. The second-order valence-corrected chi connectivity index (χ2v) is 7.27. The summed E-state index contributed by atoms with van der Waals surface area (Å²) >= 11 is 5.94. The van der Waals surface area contributed by atoms with Crippen molar-refractivity contribution in [1.82, 2.24) is 0 Å². The van der Waals surface area contributed by atoms with Crippen LogP contribution in [0.4, 0.5) is 5.69 Å². The van der Waals surface area contributed by atoms with Gasteiger partial charge in [-0.15, -0.1) is 0 Å². The van der Waals surface area contributed by atoms with Crippen molar-refractivity contribution in [1.29, 1.82) is 0 Å². The van der Waals surface area contributed by atoms with Crippen LogP contribution in [0.5, 0.6) is 0 Å². The van der Waals surface area contributed by atoms with E-state index in [2.05, 4.69) is 4.90 Å². The monoisotopic (exact) mass is 329 g/mol. The van der Waals surface area contributed by atoms with E-state index in [0.29, 0.717) is 28.2 Å². The first-order valence-corrected chi connectivity index (χ1v) is 8.90. The summed E-state index contributed by atoms with van der Waals surface area (Å²) in [5, 5.41) is 0.638. The number of hydrogen-bond donors (Lipinski definition) is 0. The maximum absolute atomic E-state index is 12.3. The smallest absolute Gasteiger partial charge is 0.250 e. The van der Waals surface area contributed by atoms with Crippen LogP contribution in [-0.2, 0) is 0 Å². The lowest BCUT2D eigenvalue weighted by Crippen LogP contribution is -2.52. The Bertz CT molecular complexity index is 787. The van der Waals surface area contributed by atoms with Crippen LogP contribution in [0.25, 0.3) is 11.1 Å².